The first kappa shape index (κ1) is 18.5. The number of halogens is 3. The maximum absolute atomic E-state index is 12.7. The quantitative estimate of drug-likeness (QED) is 0.832. The Morgan fingerprint density at radius 3 is 2.18 bits per heavy atom. The Kier molecular flexibility index (Phi) is 5.65. The molecular weight excluding hydrogens is 297 g/mol. The van der Waals surface area contributed by atoms with Crippen molar-refractivity contribution in [3.05, 3.63) is 17.0 Å². The van der Waals surface area contributed by atoms with E-state index in [0.717, 1.165) is 10.5 Å². The second kappa shape index (κ2) is 6.71. The predicted molar refractivity (Wildman–Crippen MR) is 76.4 cm³/mol. The van der Waals surface area contributed by atoms with E-state index >= 15 is 0 Å². The molecular formula is C15H23F3N2O2. The van der Waals surface area contributed by atoms with E-state index in [2.05, 4.69) is 5.16 Å². The number of aryl methyl sites for hydroxylation is 2. The van der Waals surface area contributed by atoms with E-state index in [4.69, 9.17) is 4.52 Å². The summed E-state index contributed by atoms with van der Waals surface area (Å²) in [5.74, 6) is 0.0933. The van der Waals surface area contributed by atoms with Gasteiger partial charge in [-0.2, -0.15) is 13.2 Å². The predicted octanol–water partition coefficient (Wildman–Crippen LogP) is 3.66. The topological polar surface area (TPSA) is 46.3 Å². The van der Waals surface area contributed by atoms with Crippen LogP contribution >= 0.6 is 0 Å². The highest BCUT2D eigenvalue weighted by Gasteiger charge is 2.34. The molecule has 0 atom stereocenters. The van der Waals surface area contributed by atoms with Gasteiger partial charge in [0.1, 0.15) is 12.3 Å². The van der Waals surface area contributed by atoms with Gasteiger partial charge < -0.3 is 9.42 Å². The second-order valence-electron chi connectivity index (χ2n) is 6.73. The Bertz CT molecular complexity index is 480. The number of carbonyl (C=O) groups excluding carboxylic acids is 1. The number of carbonyl (C=O) groups is 1. The number of amides is 1. The van der Waals surface area contributed by atoms with Crippen LogP contribution in [0.1, 0.15) is 44.2 Å². The summed E-state index contributed by atoms with van der Waals surface area (Å²) in [6, 6.07) is 0. The van der Waals surface area contributed by atoms with Gasteiger partial charge in [0.15, 0.2) is 0 Å². The third kappa shape index (κ3) is 6.07. The van der Waals surface area contributed by atoms with Crippen molar-refractivity contribution in [1.29, 1.82) is 0 Å². The fourth-order valence-corrected chi connectivity index (χ4v) is 2.27. The average Bonchev–Trinajstić information content (AvgIpc) is 2.62. The Morgan fingerprint density at radius 2 is 1.77 bits per heavy atom. The zero-order valence-electron chi connectivity index (χ0n) is 13.7. The molecule has 0 N–H and O–H groups in total. The van der Waals surface area contributed by atoms with Gasteiger partial charge in [-0.25, -0.2) is 0 Å². The molecule has 0 aliphatic heterocycles. The van der Waals surface area contributed by atoms with Crippen molar-refractivity contribution >= 4 is 5.91 Å². The minimum atomic E-state index is -4.40. The van der Waals surface area contributed by atoms with Gasteiger partial charge in [-0.15, -0.1) is 0 Å². The van der Waals surface area contributed by atoms with E-state index in [0.29, 0.717) is 17.9 Å². The summed E-state index contributed by atoms with van der Waals surface area (Å²) in [5.41, 5.74) is 1.06. The van der Waals surface area contributed by atoms with E-state index < -0.39 is 24.0 Å². The standard InChI is InChI=1S/C15H23F3N2O2/c1-10-12(11(2)22-19-10)6-7-13(21)20(8-14(3,4)5)9-15(16,17)18/h6-9H2,1-5H3. The largest absolute Gasteiger partial charge is 0.406 e. The first-order valence-electron chi connectivity index (χ1n) is 7.15. The molecule has 1 amide bonds. The lowest BCUT2D eigenvalue weighted by Crippen LogP contribution is -2.43. The molecule has 1 aromatic rings. The number of nitrogens with zero attached hydrogens (tertiary/aromatic N) is 2. The number of hydrogen-bond donors (Lipinski definition) is 0. The molecule has 0 spiro atoms. The maximum Gasteiger partial charge on any atom is 0.406 e. The van der Waals surface area contributed by atoms with Crippen LogP contribution in [0.3, 0.4) is 0 Å². The summed E-state index contributed by atoms with van der Waals surface area (Å²) in [7, 11) is 0. The Hall–Kier alpha value is -1.53. The van der Waals surface area contributed by atoms with Crippen molar-refractivity contribution in [2.45, 2.75) is 53.6 Å². The maximum atomic E-state index is 12.7. The average molecular weight is 320 g/mol. The van der Waals surface area contributed by atoms with E-state index in [1.165, 1.54) is 0 Å². The van der Waals surface area contributed by atoms with Crippen LogP contribution < -0.4 is 0 Å². The Labute approximate surface area is 128 Å². The number of aromatic nitrogens is 1. The van der Waals surface area contributed by atoms with E-state index in [1.54, 1.807) is 34.6 Å². The minimum absolute atomic E-state index is 0.00898. The van der Waals surface area contributed by atoms with Crippen LogP contribution in [0.4, 0.5) is 13.2 Å². The Morgan fingerprint density at radius 1 is 1.18 bits per heavy atom. The molecule has 1 aromatic heterocycles. The van der Waals surface area contributed by atoms with Crippen LogP contribution in [-0.2, 0) is 11.2 Å². The van der Waals surface area contributed by atoms with Crippen molar-refractivity contribution < 1.29 is 22.5 Å². The lowest BCUT2D eigenvalue weighted by Gasteiger charge is -2.30. The van der Waals surface area contributed by atoms with E-state index in [1.807, 2.05) is 0 Å². The molecule has 0 aliphatic rings. The smallest absolute Gasteiger partial charge is 0.361 e. The van der Waals surface area contributed by atoms with Crippen molar-refractivity contribution in [3.8, 4) is 0 Å². The summed E-state index contributed by atoms with van der Waals surface area (Å²) >= 11 is 0. The van der Waals surface area contributed by atoms with Gasteiger partial charge in [-0.3, -0.25) is 4.79 Å². The summed E-state index contributed by atoms with van der Waals surface area (Å²) in [4.78, 5) is 13.1. The summed E-state index contributed by atoms with van der Waals surface area (Å²) in [6.45, 7) is 7.73. The molecule has 0 radical (unpaired) electrons. The summed E-state index contributed by atoms with van der Waals surface area (Å²) in [6.07, 6.45) is -4.06. The van der Waals surface area contributed by atoms with Gasteiger partial charge in [0.25, 0.3) is 0 Å². The van der Waals surface area contributed by atoms with Crippen LogP contribution in [0.25, 0.3) is 0 Å². The SMILES string of the molecule is Cc1noc(C)c1CCC(=O)N(CC(C)(C)C)CC(F)(F)F. The first-order valence-corrected chi connectivity index (χ1v) is 7.15. The van der Waals surface area contributed by atoms with E-state index in [9.17, 15) is 18.0 Å². The molecule has 0 unspecified atom stereocenters. The minimum Gasteiger partial charge on any atom is -0.361 e. The molecule has 0 bridgehead atoms. The van der Waals surface area contributed by atoms with E-state index in [-0.39, 0.29) is 13.0 Å². The third-order valence-corrected chi connectivity index (χ3v) is 3.16. The van der Waals surface area contributed by atoms with Crippen LogP contribution in [0.2, 0.25) is 0 Å². The van der Waals surface area contributed by atoms with Gasteiger partial charge in [-0.1, -0.05) is 25.9 Å². The van der Waals surface area contributed by atoms with Gasteiger partial charge in [-0.05, 0) is 25.7 Å². The number of hydrogen-bond acceptors (Lipinski definition) is 3. The van der Waals surface area contributed by atoms with Gasteiger partial charge in [0.2, 0.25) is 5.91 Å². The van der Waals surface area contributed by atoms with Crippen LogP contribution in [0.5, 0.6) is 0 Å². The van der Waals surface area contributed by atoms with Crippen molar-refractivity contribution in [2.75, 3.05) is 13.1 Å². The summed E-state index contributed by atoms with van der Waals surface area (Å²) in [5, 5.41) is 3.78. The highest BCUT2D eigenvalue weighted by atomic mass is 19.4. The van der Waals surface area contributed by atoms with Crippen molar-refractivity contribution in [2.24, 2.45) is 5.41 Å². The number of rotatable bonds is 5. The molecule has 22 heavy (non-hydrogen) atoms. The fraction of sp³-hybridized carbons (Fsp3) is 0.733. The lowest BCUT2D eigenvalue weighted by atomic mass is 9.95. The normalized spacial score (nSPS) is 12.5. The molecule has 0 saturated carbocycles. The molecule has 0 fully saturated rings. The molecule has 1 rings (SSSR count). The molecule has 7 heteroatoms. The van der Waals surface area contributed by atoms with Crippen LogP contribution in [-0.4, -0.2) is 35.2 Å². The Balaban J connectivity index is 2.75. The molecule has 4 nitrogen and oxygen atoms in total. The number of alkyl halides is 3. The first-order chi connectivity index (χ1) is 9.89. The van der Waals surface area contributed by atoms with Crippen molar-refractivity contribution in [3.63, 3.8) is 0 Å². The zero-order chi connectivity index (χ0) is 17.1. The highest BCUT2D eigenvalue weighted by Crippen LogP contribution is 2.23. The van der Waals surface area contributed by atoms with Crippen molar-refractivity contribution in [1.82, 2.24) is 10.1 Å². The van der Waals surface area contributed by atoms with Crippen LogP contribution in [0, 0.1) is 19.3 Å². The molecule has 0 saturated heterocycles. The van der Waals surface area contributed by atoms with Crippen LogP contribution in [0.15, 0.2) is 4.52 Å². The van der Waals surface area contributed by atoms with Gasteiger partial charge in [0, 0.05) is 18.5 Å². The second-order valence-corrected chi connectivity index (χ2v) is 6.73. The highest BCUT2D eigenvalue weighted by molar-refractivity contribution is 5.76. The molecule has 1 heterocycles. The zero-order valence-corrected chi connectivity index (χ0v) is 13.7. The third-order valence-electron chi connectivity index (χ3n) is 3.16. The molecule has 0 aliphatic carbocycles. The summed E-state index contributed by atoms with van der Waals surface area (Å²) < 4.78 is 43.0. The lowest BCUT2D eigenvalue weighted by molar-refractivity contribution is -0.163. The van der Waals surface area contributed by atoms with Gasteiger partial charge in [0.05, 0.1) is 5.69 Å². The molecule has 0 aromatic carbocycles. The fourth-order valence-electron chi connectivity index (χ4n) is 2.27. The monoisotopic (exact) mass is 320 g/mol. The van der Waals surface area contributed by atoms with Gasteiger partial charge >= 0.3 is 6.18 Å². The molecule has 126 valence electrons.